The van der Waals surface area contributed by atoms with Gasteiger partial charge in [-0.3, -0.25) is 19.2 Å². The smallest absolute Gasteiger partial charge is 0.269 e. The lowest BCUT2D eigenvalue weighted by Gasteiger charge is -2.33. The van der Waals surface area contributed by atoms with Crippen LogP contribution in [0.25, 0.3) is 15.6 Å². The summed E-state index contributed by atoms with van der Waals surface area (Å²) >= 11 is 0. The van der Waals surface area contributed by atoms with Crippen molar-refractivity contribution in [3.8, 4) is 17.6 Å². The summed E-state index contributed by atoms with van der Waals surface area (Å²) in [6, 6.07) is 25.6. The fourth-order valence-corrected chi connectivity index (χ4v) is 5.65. The van der Waals surface area contributed by atoms with E-state index < -0.39 is 23.6 Å². The highest BCUT2D eigenvalue weighted by Crippen LogP contribution is 2.45. The molecule has 5 aromatic rings. The first-order chi connectivity index (χ1) is 21.3. The molecule has 2 aliphatic rings. The number of anilines is 2. The number of imide groups is 2. The average Bonchev–Trinajstić information content (AvgIpc) is 3.03. The summed E-state index contributed by atoms with van der Waals surface area (Å²) in [6.07, 6.45) is 0. The van der Waals surface area contributed by atoms with Gasteiger partial charge in [-0.1, -0.05) is 24.3 Å². The van der Waals surface area contributed by atoms with Crippen molar-refractivity contribution >= 4 is 51.5 Å². The maximum absolute atomic E-state index is 14.2. The number of carbonyl (C=O) groups excluding carboxylic acids is 4. The molecule has 2 heterocycles. The molecular weight excluding hydrogens is 556 g/mol. The van der Waals surface area contributed by atoms with Gasteiger partial charge in [-0.25, -0.2) is 14.6 Å². The van der Waals surface area contributed by atoms with Gasteiger partial charge in [-0.2, -0.15) is 5.26 Å². The van der Waals surface area contributed by atoms with Crippen LogP contribution in [-0.4, -0.2) is 23.6 Å². The van der Waals surface area contributed by atoms with Crippen molar-refractivity contribution in [3.63, 3.8) is 0 Å². The minimum absolute atomic E-state index is 0.0309. The van der Waals surface area contributed by atoms with Gasteiger partial charge in [0.25, 0.3) is 23.6 Å². The van der Waals surface area contributed by atoms with Crippen LogP contribution in [0.1, 0.15) is 52.6 Å². The maximum Gasteiger partial charge on any atom is 0.269 e. The molecule has 0 spiro atoms. The van der Waals surface area contributed by atoms with Gasteiger partial charge in [0.2, 0.25) is 0 Å². The molecule has 0 bridgehead atoms. The van der Waals surface area contributed by atoms with Crippen molar-refractivity contribution in [1.29, 1.82) is 5.26 Å². The highest BCUT2D eigenvalue weighted by atomic mass is 16.5. The molecule has 0 N–H and O–H groups in total. The molecule has 9 nitrogen and oxygen atoms in total. The van der Waals surface area contributed by atoms with Crippen LogP contribution in [0.4, 0.5) is 17.1 Å². The number of nitrogens with zero attached hydrogens (tertiary/aromatic N) is 4. The number of amides is 4. The maximum atomic E-state index is 14.2. The van der Waals surface area contributed by atoms with E-state index in [1.807, 2.05) is 19.1 Å². The summed E-state index contributed by atoms with van der Waals surface area (Å²) in [6.45, 7) is 9.12. The summed E-state index contributed by atoms with van der Waals surface area (Å²) in [5, 5.41) is 9.55. The Morgan fingerprint density at radius 3 is 1.91 bits per heavy atom. The highest BCUT2D eigenvalue weighted by Gasteiger charge is 2.42. The zero-order valence-electron chi connectivity index (χ0n) is 23.0. The third kappa shape index (κ3) is 3.85. The summed E-state index contributed by atoms with van der Waals surface area (Å²) in [7, 11) is 0. The summed E-state index contributed by atoms with van der Waals surface area (Å²) in [4.78, 5) is 61.4. The largest absolute Gasteiger partial charge is 0.456 e. The van der Waals surface area contributed by atoms with Crippen molar-refractivity contribution in [1.82, 2.24) is 0 Å². The molecular formula is C35H18N4O5. The first-order valence-corrected chi connectivity index (χ1v) is 13.4. The number of carbonyl (C=O) groups is 4. The molecule has 0 aromatic heterocycles. The van der Waals surface area contributed by atoms with Gasteiger partial charge >= 0.3 is 0 Å². The van der Waals surface area contributed by atoms with Crippen molar-refractivity contribution in [2.24, 2.45) is 0 Å². The van der Waals surface area contributed by atoms with Crippen molar-refractivity contribution < 1.29 is 23.9 Å². The normalized spacial score (nSPS) is 13.6. The first-order valence-electron chi connectivity index (χ1n) is 13.4. The van der Waals surface area contributed by atoms with E-state index in [2.05, 4.69) is 4.85 Å². The Labute approximate surface area is 250 Å². The van der Waals surface area contributed by atoms with Gasteiger partial charge in [-0.15, -0.1) is 0 Å². The zero-order chi connectivity index (χ0) is 30.7. The van der Waals surface area contributed by atoms with E-state index in [9.17, 15) is 24.4 Å². The molecule has 0 unspecified atom stereocenters. The molecule has 7 rings (SSSR count). The lowest BCUT2D eigenvalue weighted by molar-refractivity contribution is 0.0871. The van der Waals surface area contributed by atoms with Gasteiger partial charge in [0, 0.05) is 27.6 Å². The number of benzene rings is 5. The number of hydrogen-bond acceptors (Lipinski definition) is 6. The molecule has 0 atom stereocenters. The second-order valence-corrected chi connectivity index (χ2v) is 10.3. The predicted molar refractivity (Wildman–Crippen MR) is 161 cm³/mol. The van der Waals surface area contributed by atoms with E-state index in [1.165, 1.54) is 66.7 Å². The number of rotatable bonds is 4. The molecule has 0 saturated heterocycles. The van der Waals surface area contributed by atoms with Gasteiger partial charge in [-0.05, 0) is 79.2 Å². The third-order valence-corrected chi connectivity index (χ3v) is 7.67. The standard InChI is InChI=1S/C35H18N4O5/c1-19-4-3-5-24(16-19)44-28-17-27-29-25(32(40)38(34(27)42)22-10-6-20(18-36)7-11-22)14-15-26-30(29)31(28)35(43)39(33(26)41)23-12-8-21(37-2)9-13-23/h3-17H,1H3. The van der Waals surface area contributed by atoms with Crippen LogP contribution in [0.15, 0.2) is 91.0 Å². The van der Waals surface area contributed by atoms with E-state index >= 15 is 0 Å². The molecule has 44 heavy (non-hydrogen) atoms. The van der Waals surface area contributed by atoms with Crippen molar-refractivity contribution in [2.75, 3.05) is 9.80 Å². The highest BCUT2D eigenvalue weighted by molar-refractivity contribution is 6.42. The molecule has 0 saturated carbocycles. The second-order valence-electron chi connectivity index (χ2n) is 10.3. The van der Waals surface area contributed by atoms with E-state index in [0.717, 1.165) is 15.4 Å². The average molecular weight is 575 g/mol. The topological polar surface area (TPSA) is 112 Å². The lowest BCUT2D eigenvalue weighted by atomic mass is 9.85. The Balaban J connectivity index is 1.48. The molecule has 2 aliphatic heterocycles. The van der Waals surface area contributed by atoms with Crippen LogP contribution in [-0.2, 0) is 0 Å². The van der Waals surface area contributed by atoms with Gasteiger partial charge in [0.05, 0.1) is 35.0 Å². The molecule has 9 heteroatoms. The number of nitriles is 1. The van der Waals surface area contributed by atoms with Crippen LogP contribution in [0.3, 0.4) is 0 Å². The Morgan fingerprint density at radius 2 is 1.30 bits per heavy atom. The molecule has 0 fully saturated rings. The minimum Gasteiger partial charge on any atom is -0.456 e. The Bertz CT molecular complexity index is 2210. The van der Waals surface area contributed by atoms with Crippen LogP contribution in [0.2, 0.25) is 0 Å². The predicted octanol–water partition coefficient (Wildman–Crippen LogP) is 6.96. The van der Waals surface area contributed by atoms with Crippen LogP contribution in [0.5, 0.6) is 11.5 Å². The molecule has 0 aliphatic carbocycles. The molecule has 5 aromatic carbocycles. The Kier molecular flexibility index (Phi) is 5.84. The monoisotopic (exact) mass is 574 g/mol. The lowest BCUT2D eigenvalue weighted by Crippen LogP contribution is -2.43. The second kappa shape index (κ2) is 9.76. The van der Waals surface area contributed by atoms with Gasteiger partial charge < -0.3 is 4.74 Å². The first kappa shape index (κ1) is 26.3. The minimum atomic E-state index is -0.696. The fraction of sp³-hybridized carbons (Fsp3) is 0.0286. The van der Waals surface area contributed by atoms with Gasteiger partial charge in [0.1, 0.15) is 11.5 Å². The molecule has 4 amide bonds. The van der Waals surface area contributed by atoms with E-state index in [-0.39, 0.29) is 50.2 Å². The van der Waals surface area contributed by atoms with Crippen LogP contribution < -0.4 is 14.5 Å². The zero-order valence-corrected chi connectivity index (χ0v) is 23.0. The Morgan fingerprint density at radius 1 is 0.705 bits per heavy atom. The number of hydrogen-bond donors (Lipinski definition) is 0. The SMILES string of the molecule is [C-]#[N+]c1ccc(N2C(=O)c3ccc4c5c(cc(Oc6cccc(C)c6)c(c35)C2=O)C(=O)N(c2ccc(C#N)cc2)C4=O)cc1. The summed E-state index contributed by atoms with van der Waals surface area (Å²) in [5.41, 5.74) is 2.51. The van der Waals surface area contributed by atoms with E-state index in [4.69, 9.17) is 11.3 Å². The van der Waals surface area contributed by atoms with E-state index in [1.54, 1.807) is 18.2 Å². The third-order valence-electron chi connectivity index (χ3n) is 7.67. The van der Waals surface area contributed by atoms with Crippen molar-refractivity contribution in [3.05, 3.63) is 136 Å². The quantitative estimate of drug-likeness (QED) is 0.169. The molecule has 0 radical (unpaired) electrons. The van der Waals surface area contributed by atoms with Gasteiger partial charge in [0.15, 0.2) is 5.69 Å². The number of ether oxygens (including phenoxy) is 1. The Hall–Kier alpha value is -6.58. The fourth-order valence-electron chi connectivity index (χ4n) is 5.65. The number of aryl methyl sites for hydroxylation is 1. The summed E-state index contributed by atoms with van der Waals surface area (Å²) in [5.74, 6) is -2.18. The van der Waals surface area contributed by atoms with E-state index in [0.29, 0.717) is 17.0 Å². The molecule has 208 valence electrons. The van der Waals surface area contributed by atoms with Crippen LogP contribution >= 0.6 is 0 Å². The summed E-state index contributed by atoms with van der Waals surface area (Å²) < 4.78 is 6.27. The van der Waals surface area contributed by atoms with Crippen LogP contribution in [0, 0.1) is 24.8 Å². The van der Waals surface area contributed by atoms with Crippen molar-refractivity contribution in [2.45, 2.75) is 6.92 Å².